The monoisotopic (exact) mass is 314 g/mol. The Labute approximate surface area is 141 Å². The zero-order valence-electron chi connectivity index (χ0n) is 13.3. The molecule has 0 aromatic heterocycles. The third-order valence-corrected chi connectivity index (χ3v) is 4.26. The fourth-order valence-corrected chi connectivity index (χ4v) is 3.03. The Morgan fingerprint density at radius 1 is 0.750 bits per heavy atom. The van der Waals surface area contributed by atoms with Crippen LogP contribution < -0.4 is 10.6 Å². The molecule has 0 radical (unpaired) electrons. The summed E-state index contributed by atoms with van der Waals surface area (Å²) in [5.41, 5.74) is 6.58. The molecule has 1 heterocycles. The molecule has 24 heavy (non-hydrogen) atoms. The van der Waals surface area contributed by atoms with Gasteiger partial charge in [0.2, 0.25) is 5.91 Å². The highest BCUT2D eigenvalue weighted by molar-refractivity contribution is 5.94. The SMILES string of the molecule is O=C1CCc2cc(Nc3cccc(-c4ccccc4)c3)ccc2N1. The first-order valence-electron chi connectivity index (χ1n) is 8.13. The van der Waals surface area contributed by atoms with Gasteiger partial charge in [0.1, 0.15) is 0 Å². The van der Waals surface area contributed by atoms with Crippen molar-refractivity contribution in [3.8, 4) is 11.1 Å². The standard InChI is InChI=1S/C21H18N2O/c24-21-12-9-17-14-19(10-11-20(17)23-21)22-18-8-4-7-16(13-18)15-5-2-1-3-6-15/h1-8,10-11,13-14,22H,9,12H2,(H,23,24). The fourth-order valence-electron chi connectivity index (χ4n) is 3.03. The zero-order valence-corrected chi connectivity index (χ0v) is 13.3. The lowest BCUT2D eigenvalue weighted by molar-refractivity contribution is -0.116. The highest BCUT2D eigenvalue weighted by Gasteiger charge is 2.14. The molecule has 0 unspecified atom stereocenters. The Hall–Kier alpha value is -3.07. The van der Waals surface area contributed by atoms with E-state index in [1.165, 1.54) is 16.7 Å². The van der Waals surface area contributed by atoms with Gasteiger partial charge in [-0.25, -0.2) is 0 Å². The minimum absolute atomic E-state index is 0.0961. The van der Waals surface area contributed by atoms with Crippen molar-refractivity contribution in [2.24, 2.45) is 0 Å². The molecule has 3 nitrogen and oxygen atoms in total. The van der Waals surface area contributed by atoms with Gasteiger partial charge in [-0.3, -0.25) is 4.79 Å². The molecule has 3 aromatic carbocycles. The number of rotatable bonds is 3. The lowest BCUT2D eigenvalue weighted by atomic mass is 10.0. The van der Waals surface area contributed by atoms with E-state index in [4.69, 9.17) is 0 Å². The van der Waals surface area contributed by atoms with E-state index in [1.807, 2.05) is 30.3 Å². The molecule has 0 aliphatic carbocycles. The summed E-state index contributed by atoms with van der Waals surface area (Å²) in [6.07, 6.45) is 1.35. The van der Waals surface area contributed by atoms with Gasteiger partial charge >= 0.3 is 0 Å². The number of fused-ring (bicyclic) bond motifs is 1. The quantitative estimate of drug-likeness (QED) is 0.715. The molecular weight excluding hydrogens is 296 g/mol. The maximum atomic E-state index is 11.4. The number of carbonyl (C=O) groups is 1. The van der Waals surface area contributed by atoms with E-state index >= 15 is 0 Å². The molecule has 1 amide bonds. The number of hydrogen-bond donors (Lipinski definition) is 2. The van der Waals surface area contributed by atoms with Crippen LogP contribution in [0.25, 0.3) is 11.1 Å². The van der Waals surface area contributed by atoms with Gasteiger partial charge in [0.15, 0.2) is 0 Å². The number of anilines is 3. The van der Waals surface area contributed by atoms with Crippen molar-refractivity contribution in [3.63, 3.8) is 0 Å². The Kier molecular flexibility index (Phi) is 3.75. The number of nitrogens with one attached hydrogen (secondary N) is 2. The van der Waals surface area contributed by atoms with Crippen LogP contribution in [0.15, 0.2) is 72.8 Å². The largest absolute Gasteiger partial charge is 0.355 e. The van der Waals surface area contributed by atoms with Crippen LogP contribution in [-0.4, -0.2) is 5.91 Å². The van der Waals surface area contributed by atoms with E-state index in [1.54, 1.807) is 0 Å². The molecule has 3 heteroatoms. The summed E-state index contributed by atoms with van der Waals surface area (Å²) in [6, 6.07) is 24.8. The predicted octanol–water partition coefficient (Wildman–Crippen LogP) is 4.98. The van der Waals surface area contributed by atoms with Gasteiger partial charge in [-0.15, -0.1) is 0 Å². The van der Waals surface area contributed by atoms with Crippen LogP contribution in [0.4, 0.5) is 17.1 Å². The first-order valence-corrected chi connectivity index (χ1v) is 8.13. The lowest BCUT2D eigenvalue weighted by Crippen LogP contribution is -2.18. The van der Waals surface area contributed by atoms with Crippen LogP contribution in [0.2, 0.25) is 0 Å². The molecule has 0 fully saturated rings. The van der Waals surface area contributed by atoms with Crippen molar-refractivity contribution >= 4 is 23.0 Å². The van der Waals surface area contributed by atoms with Crippen LogP contribution in [0.3, 0.4) is 0 Å². The number of amides is 1. The van der Waals surface area contributed by atoms with Crippen molar-refractivity contribution in [3.05, 3.63) is 78.4 Å². The van der Waals surface area contributed by atoms with Crippen molar-refractivity contribution in [1.29, 1.82) is 0 Å². The molecule has 0 saturated heterocycles. The predicted molar refractivity (Wildman–Crippen MR) is 98.6 cm³/mol. The Bertz CT molecular complexity index is 887. The van der Waals surface area contributed by atoms with Crippen LogP contribution >= 0.6 is 0 Å². The summed E-state index contributed by atoms with van der Waals surface area (Å²) in [7, 11) is 0. The van der Waals surface area contributed by atoms with Crippen molar-refractivity contribution in [2.75, 3.05) is 10.6 Å². The second kappa shape index (κ2) is 6.20. The molecule has 0 saturated carbocycles. The molecule has 1 aliphatic heterocycles. The van der Waals surface area contributed by atoms with Crippen molar-refractivity contribution in [1.82, 2.24) is 0 Å². The summed E-state index contributed by atoms with van der Waals surface area (Å²) < 4.78 is 0. The van der Waals surface area contributed by atoms with Crippen molar-refractivity contribution in [2.45, 2.75) is 12.8 Å². The van der Waals surface area contributed by atoms with E-state index in [-0.39, 0.29) is 5.91 Å². The first-order chi connectivity index (χ1) is 11.8. The highest BCUT2D eigenvalue weighted by Crippen LogP contribution is 2.29. The minimum atomic E-state index is 0.0961. The highest BCUT2D eigenvalue weighted by atomic mass is 16.1. The third-order valence-electron chi connectivity index (χ3n) is 4.26. The van der Waals surface area contributed by atoms with Gasteiger partial charge in [-0.05, 0) is 53.4 Å². The summed E-state index contributed by atoms with van der Waals surface area (Å²) >= 11 is 0. The number of aryl methyl sites for hydroxylation is 1. The topological polar surface area (TPSA) is 41.1 Å². The Balaban J connectivity index is 1.59. The van der Waals surface area contributed by atoms with Crippen LogP contribution in [-0.2, 0) is 11.2 Å². The maximum Gasteiger partial charge on any atom is 0.224 e. The maximum absolute atomic E-state index is 11.4. The summed E-state index contributed by atoms with van der Waals surface area (Å²) in [5.74, 6) is 0.0961. The van der Waals surface area contributed by atoms with E-state index in [9.17, 15) is 4.79 Å². The van der Waals surface area contributed by atoms with E-state index in [0.29, 0.717) is 6.42 Å². The van der Waals surface area contributed by atoms with Gasteiger partial charge in [-0.1, -0.05) is 42.5 Å². The van der Waals surface area contributed by atoms with Gasteiger partial charge < -0.3 is 10.6 Å². The van der Waals surface area contributed by atoms with E-state index in [2.05, 4.69) is 53.1 Å². The molecule has 0 spiro atoms. The fraction of sp³-hybridized carbons (Fsp3) is 0.0952. The first kappa shape index (κ1) is 14.5. The summed E-state index contributed by atoms with van der Waals surface area (Å²) in [6.45, 7) is 0. The van der Waals surface area contributed by atoms with Gasteiger partial charge in [-0.2, -0.15) is 0 Å². The molecule has 0 bridgehead atoms. The Morgan fingerprint density at radius 2 is 1.54 bits per heavy atom. The van der Waals surface area contributed by atoms with Crippen LogP contribution in [0.1, 0.15) is 12.0 Å². The zero-order chi connectivity index (χ0) is 16.4. The molecule has 3 aromatic rings. The molecule has 0 atom stereocenters. The van der Waals surface area contributed by atoms with E-state index in [0.717, 1.165) is 23.5 Å². The van der Waals surface area contributed by atoms with Gasteiger partial charge in [0.05, 0.1) is 0 Å². The minimum Gasteiger partial charge on any atom is -0.355 e. The lowest BCUT2D eigenvalue weighted by Gasteiger charge is -2.18. The van der Waals surface area contributed by atoms with Crippen molar-refractivity contribution < 1.29 is 4.79 Å². The molecule has 2 N–H and O–H groups in total. The summed E-state index contributed by atoms with van der Waals surface area (Å²) in [5, 5.41) is 6.38. The average Bonchev–Trinajstić information content (AvgIpc) is 2.63. The van der Waals surface area contributed by atoms with E-state index < -0.39 is 0 Å². The average molecular weight is 314 g/mol. The van der Waals surface area contributed by atoms with Gasteiger partial charge in [0, 0.05) is 23.5 Å². The Morgan fingerprint density at radius 3 is 2.42 bits per heavy atom. The third kappa shape index (κ3) is 3.01. The summed E-state index contributed by atoms with van der Waals surface area (Å²) in [4.78, 5) is 11.4. The molecule has 4 rings (SSSR count). The second-order valence-corrected chi connectivity index (χ2v) is 5.99. The molecule has 1 aliphatic rings. The van der Waals surface area contributed by atoms with Crippen LogP contribution in [0, 0.1) is 0 Å². The smallest absolute Gasteiger partial charge is 0.224 e. The number of carbonyl (C=O) groups excluding carboxylic acids is 1. The molecule has 118 valence electrons. The molecular formula is C21H18N2O. The normalized spacial score (nSPS) is 13.1. The number of benzene rings is 3. The number of hydrogen-bond acceptors (Lipinski definition) is 2. The second-order valence-electron chi connectivity index (χ2n) is 5.99. The van der Waals surface area contributed by atoms with Gasteiger partial charge in [0.25, 0.3) is 0 Å². The van der Waals surface area contributed by atoms with Crippen LogP contribution in [0.5, 0.6) is 0 Å².